The van der Waals surface area contributed by atoms with Crippen LogP contribution in [0.15, 0.2) is 44.2 Å². The minimum Gasteiger partial charge on any atom is -0.464 e. The van der Waals surface area contributed by atoms with Crippen LogP contribution in [0.2, 0.25) is 0 Å². The molecule has 0 aliphatic heterocycles. The van der Waals surface area contributed by atoms with E-state index in [4.69, 9.17) is 13.6 Å². The van der Waals surface area contributed by atoms with Crippen molar-refractivity contribution in [3.63, 3.8) is 0 Å². The zero-order valence-electron chi connectivity index (χ0n) is 10.8. The first kappa shape index (κ1) is 12.5. The molecule has 3 aromatic rings. The Kier molecular flexibility index (Phi) is 3.02. The van der Waals surface area contributed by atoms with Gasteiger partial charge in [0.1, 0.15) is 11.2 Å². The lowest BCUT2D eigenvalue weighted by Crippen LogP contribution is -2.07. The van der Waals surface area contributed by atoms with E-state index in [-0.39, 0.29) is 5.97 Å². The molecule has 1 aromatic carbocycles. The first-order chi connectivity index (χ1) is 9.69. The third-order valence-electron chi connectivity index (χ3n) is 2.98. The van der Waals surface area contributed by atoms with Crippen LogP contribution >= 0.6 is 0 Å². The summed E-state index contributed by atoms with van der Waals surface area (Å²) < 4.78 is 15.8. The Morgan fingerprint density at radius 2 is 2.00 bits per heavy atom. The molecule has 5 heteroatoms. The van der Waals surface area contributed by atoms with Gasteiger partial charge in [0.15, 0.2) is 5.75 Å². The molecule has 0 bridgehead atoms. The van der Waals surface area contributed by atoms with Crippen LogP contribution in [-0.2, 0) is 4.79 Å². The summed E-state index contributed by atoms with van der Waals surface area (Å²) in [7, 11) is 0. The molecule has 0 aliphatic rings. The maximum Gasteiger partial charge on any atom is 0.336 e. The summed E-state index contributed by atoms with van der Waals surface area (Å²) in [4.78, 5) is 23.0. The second-order valence-corrected chi connectivity index (χ2v) is 4.43. The zero-order valence-corrected chi connectivity index (χ0v) is 10.8. The maximum absolute atomic E-state index is 11.7. The largest absolute Gasteiger partial charge is 0.464 e. The molecule has 3 rings (SSSR count). The SMILES string of the molecule is CCCC(=O)Oc1c2ccoc2cc2oc(=O)ccc12. The highest BCUT2D eigenvalue weighted by Crippen LogP contribution is 2.35. The van der Waals surface area contributed by atoms with Crippen molar-refractivity contribution in [1.82, 2.24) is 0 Å². The number of ether oxygens (including phenoxy) is 1. The molecule has 0 fully saturated rings. The monoisotopic (exact) mass is 272 g/mol. The van der Waals surface area contributed by atoms with E-state index in [2.05, 4.69) is 0 Å². The van der Waals surface area contributed by atoms with Gasteiger partial charge in [-0.05, 0) is 18.6 Å². The van der Waals surface area contributed by atoms with Gasteiger partial charge in [0, 0.05) is 18.6 Å². The van der Waals surface area contributed by atoms with Crippen molar-refractivity contribution >= 4 is 27.9 Å². The first-order valence-corrected chi connectivity index (χ1v) is 6.34. The Morgan fingerprint density at radius 3 is 2.80 bits per heavy atom. The number of esters is 1. The van der Waals surface area contributed by atoms with Crippen LogP contribution in [0.3, 0.4) is 0 Å². The lowest BCUT2D eigenvalue weighted by atomic mass is 10.1. The topological polar surface area (TPSA) is 69.7 Å². The molecule has 20 heavy (non-hydrogen) atoms. The van der Waals surface area contributed by atoms with Gasteiger partial charge in [-0.1, -0.05) is 6.92 Å². The van der Waals surface area contributed by atoms with E-state index in [0.717, 1.165) is 0 Å². The molecule has 0 amide bonds. The average Bonchev–Trinajstić information content (AvgIpc) is 2.86. The summed E-state index contributed by atoms with van der Waals surface area (Å²) in [6.07, 6.45) is 2.53. The van der Waals surface area contributed by atoms with Gasteiger partial charge in [-0.25, -0.2) is 4.79 Å². The lowest BCUT2D eigenvalue weighted by molar-refractivity contribution is -0.134. The lowest BCUT2D eigenvalue weighted by Gasteiger charge is -2.07. The third-order valence-corrected chi connectivity index (χ3v) is 2.98. The Balaban J connectivity index is 2.25. The Hall–Kier alpha value is -2.56. The molecule has 0 radical (unpaired) electrons. The average molecular weight is 272 g/mol. The molecule has 0 saturated carbocycles. The fourth-order valence-electron chi connectivity index (χ4n) is 2.09. The number of rotatable bonds is 3. The van der Waals surface area contributed by atoms with E-state index < -0.39 is 5.63 Å². The summed E-state index contributed by atoms with van der Waals surface area (Å²) in [5.74, 6) is 0.0437. The normalized spacial score (nSPS) is 11.1. The highest BCUT2D eigenvalue weighted by Gasteiger charge is 2.15. The standard InChI is InChI=1S/C15H12O5/c1-2-3-13(16)20-15-9-4-5-14(17)19-12(9)8-11-10(15)6-7-18-11/h4-8H,2-3H2,1H3. The van der Waals surface area contributed by atoms with E-state index in [1.807, 2.05) is 6.92 Å². The van der Waals surface area contributed by atoms with Crippen LogP contribution in [-0.4, -0.2) is 5.97 Å². The van der Waals surface area contributed by atoms with Gasteiger partial charge < -0.3 is 13.6 Å². The fourth-order valence-corrected chi connectivity index (χ4v) is 2.09. The summed E-state index contributed by atoms with van der Waals surface area (Å²) in [5, 5.41) is 1.25. The van der Waals surface area contributed by atoms with Crippen LogP contribution in [0.5, 0.6) is 5.75 Å². The Morgan fingerprint density at radius 1 is 1.20 bits per heavy atom. The number of carbonyl (C=O) groups excluding carboxylic acids is 1. The summed E-state index contributed by atoms with van der Waals surface area (Å²) in [6, 6.07) is 6.21. The second-order valence-electron chi connectivity index (χ2n) is 4.43. The summed E-state index contributed by atoms with van der Waals surface area (Å²) in [6.45, 7) is 1.90. The molecule has 0 saturated heterocycles. The minimum absolute atomic E-state index is 0.325. The van der Waals surface area contributed by atoms with E-state index >= 15 is 0 Å². The highest BCUT2D eigenvalue weighted by atomic mass is 16.5. The van der Waals surface area contributed by atoms with Crippen molar-refractivity contribution in [2.45, 2.75) is 19.8 Å². The van der Waals surface area contributed by atoms with Crippen LogP contribution in [0, 0.1) is 0 Å². The number of benzene rings is 1. The molecule has 0 N–H and O–H groups in total. The predicted octanol–water partition coefficient (Wildman–Crippen LogP) is 3.24. The molecule has 102 valence electrons. The van der Waals surface area contributed by atoms with Gasteiger partial charge in [-0.2, -0.15) is 0 Å². The molecule has 0 spiro atoms. The Labute approximate surface area is 113 Å². The molecule has 5 nitrogen and oxygen atoms in total. The number of carbonyl (C=O) groups is 1. The molecular formula is C15H12O5. The van der Waals surface area contributed by atoms with Gasteiger partial charge in [0.2, 0.25) is 0 Å². The van der Waals surface area contributed by atoms with E-state index in [9.17, 15) is 9.59 Å². The number of fused-ring (bicyclic) bond motifs is 2. The molecule has 2 heterocycles. The van der Waals surface area contributed by atoms with Gasteiger partial charge in [0.05, 0.1) is 17.0 Å². The van der Waals surface area contributed by atoms with Gasteiger partial charge in [0.25, 0.3) is 0 Å². The number of furan rings is 1. The van der Waals surface area contributed by atoms with Crippen molar-refractivity contribution in [3.8, 4) is 5.75 Å². The second kappa shape index (κ2) is 4.85. The molecule has 2 aromatic heterocycles. The predicted molar refractivity (Wildman–Crippen MR) is 72.8 cm³/mol. The number of hydrogen-bond donors (Lipinski definition) is 0. The first-order valence-electron chi connectivity index (χ1n) is 6.34. The van der Waals surface area contributed by atoms with Gasteiger partial charge in [-0.3, -0.25) is 4.79 Å². The van der Waals surface area contributed by atoms with E-state index in [0.29, 0.717) is 40.5 Å². The van der Waals surface area contributed by atoms with Crippen LogP contribution in [0.1, 0.15) is 19.8 Å². The Bertz CT molecular complexity index is 840. The maximum atomic E-state index is 11.7. The van der Waals surface area contributed by atoms with E-state index in [1.54, 1.807) is 18.2 Å². The van der Waals surface area contributed by atoms with Crippen LogP contribution in [0.4, 0.5) is 0 Å². The van der Waals surface area contributed by atoms with Gasteiger partial charge in [-0.15, -0.1) is 0 Å². The highest BCUT2D eigenvalue weighted by molar-refractivity contribution is 6.02. The molecular weight excluding hydrogens is 260 g/mol. The van der Waals surface area contributed by atoms with Gasteiger partial charge >= 0.3 is 11.6 Å². The fraction of sp³-hybridized carbons (Fsp3) is 0.200. The molecule has 0 atom stereocenters. The van der Waals surface area contributed by atoms with Crippen molar-refractivity contribution in [3.05, 3.63) is 40.9 Å². The summed E-state index contributed by atoms with van der Waals surface area (Å²) in [5.41, 5.74) is 0.375. The van der Waals surface area contributed by atoms with Crippen LogP contribution < -0.4 is 10.4 Å². The zero-order chi connectivity index (χ0) is 14.1. The molecule has 0 unspecified atom stereocenters. The summed E-state index contributed by atoms with van der Waals surface area (Å²) >= 11 is 0. The number of hydrogen-bond acceptors (Lipinski definition) is 5. The van der Waals surface area contributed by atoms with Crippen molar-refractivity contribution in [2.24, 2.45) is 0 Å². The van der Waals surface area contributed by atoms with Crippen LogP contribution in [0.25, 0.3) is 21.9 Å². The minimum atomic E-state index is -0.464. The van der Waals surface area contributed by atoms with E-state index in [1.165, 1.54) is 12.3 Å². The van der Waals surface area contributed by atoms with Crippen molar-refractivity contribution in [2.75, 3.05) is 0 Å². The smallest absolute Gasteiger partial charge is 0.336 e. The third kappa shape index (κ3) is 2.07. The quantitative estimate of drug-likeness (QED) is 0.416. The van der Waals surface area contributed by atoms with Crippen molar-refractivity contribution in [1.29, 1.82) is 0 Å². The van der Waals surface area contributed by atoms with Crippen molar-refractivity contribution < 1.29 is 18.4 Å². The molecule has 0 aliphatic carbocycles.